The molecule has 84 valence electrons. The minimum Gasteiger partial charge on any atom is -0.307 e. The Labute approximate surface area is 89.1 Å². The number of nitrogens with zero attached hydrogens (tertiary/aromatic N) is 1. The maximum atomic E-state index is 3.75. The van der Waals surface area contributed by atoms with Crippen molar-refractivity contribution in [3.05, 3.63) is 0 Å². The minimum absolute atomic E-state index is 0.259. The number of nitrogens with one attached hydrogen (secondary N) is 1. The van der Waals surface area contributed by atoms with Crippen LogP contribution >= 0.6 is 0 Å². The summed E-state index contributed by atoms with van der Waals surface area (Å²) in [5.74, 6) is 0. The molecule has 1 rings (SSSR count). The molecule has 0 aromatic heterocycles. The molecule has 0 amide bonds. The summed E-state index contributed by atoms with van der Waals surface area (Å²) in [5, 5.41) is 3.75. The lowest BCUT2D eigenvalue weighted by Gasteiger charge is -2.35. The van der Waals surface area contributed by atoms with E-state index in [1.807, 2.05) is 0 Å². The van der Waals surface area contributed by atoms with E-state index >= 15 is 0 Å². The van der Waals surface area contributed by atoms with Crippen LogP contribution in [0.5, 0.6) is 0 Å². The Hall–Kier alpha value is -0.0800. The van der Waals surface area contributed by atoms with Crippen molar-refractivity contribution in [3.8, 4) is 0 Å². The maximum absolute atomic E-state index is 3.75. The van der Waals surface area contributed by atoms with Crippen molar-refractivity contribution in [3.63, 3.8) is 0 Å². The Morgan fingerprint density at radius 3 is 2.14 bits per heavy atom. The van der Waals surface area contributed by atoms with Crippen molar-refractivity contribution in [1.29, 1.82) is 0 Å². The predicted octanol–water partition coefficient (Wildman–Crippen LogP) is 2.25. The lowest BCUT2D eigenvalue weighted by Crippen LogP contribution is -2.51. The van der Waals surface area contributed by atoms with Gasteiger partial charge in [-0.3, -0.25) is 0 Å². The van der Waals surface area contributed by atoms with Gasteiger partial charge < -0.3 is 10.2 Å². The molecule has 0 radical (unpaired) electrons. The summed E-state index contributed by atoms with van der Waals surface area (Å²) in [4.78, 5) is 2.37. The van der Waals surface area contributed by atoms with Crippen LogP contribution < -0.4 is 5.32 Å². The highest BCUT2D eigenvalue weighted by Gasteiger charge is 2.34. The second-order valence-electron chi connectivity index (χ2n) is 6.25. The fourth-order valence-electron chi connectivity index (χ4n) is 2.69. The zero-order chi connectivity index (χ0) is 11.0. The van der Waals surface area contributed by atoms with Gasteiger partial charge in [-0.2, -0.15) is 0 Å². The van der Waals surface area contributed by atoms with E-state index in [1.54, 1.807) is 0 Å². The quantitative estimate of drug-likeness (QED) is 0.695. The molecule has 1 aliphatic heterocycles. The van der Waals surface area contributed by atoms with Crippen LogP contribution in [0.3, 0.4) is 0 Å². The van der Waals surface area contributed by atoms with Gasteiger partial charge in [-0.1, -0.05) is 0 Å². The lowest BCUT2D eigenvalue weighted by molar-refractivity contribution is 0.222. The fourth-order valence-corrected chi connectivity index (χ4v) is 2.69. The van der Waals surface area contributed by atoms with E-state index < -0.39 is 0 Å². The predicted molar refractivity (Wildman–Crippen MR) is 62.6 cm³/mol. The molecule has 14 heavy (non-hydrogen) atoms. The third-order valence-electron chi connectivity index (χ3n) is 3.26. The second kappa shape index (κ2) is 3.82. The zero-order valence-corrected chi connectivity index (χ0v) is 10.6. The van der Waals surface area contributed by atoms with Gasteiger partial charge in [-0.15, -0.1) is 0 Å². The van der Waals surface area contributed by atoms with E-state index in [0.29, 0.717) is 0 Å². The van der Waals surface area contributed by atoms with Gasteiger partial charge in [0.25, 0.3) is 0 Å². The molecule has 1 heterocycles. The monoisotopic (exact) mass is 198 g/mol. The van der Waals surface area contributed by atoms with Crippen LogP contribution in [0.15, 0.2) is 0 Å². The second-order valence-corrected chi connectivity index (χ2v) is 6.25. The van der Waals surface area contributed by atoms with Gasteiger partial charge in [-0.05, 0) is 61.1 Å². The lowest BCUT2D eigenvalue weighted by atomic mass is 9.94. The first-order chi connectivity index (χ1) is 6.22. The Kier molecular flexibility index (Phi) is 3.27. The van der Waals surface area contributed by atoms with E-state index in [0.717, 1.165) is 6.04 Å². The molecule has 0 bridgehead atoms. The molecule has 1 N–H and O–H groups in total. The summed E-state index contributed by atoms with van der Waals surface area (Å²) in [6, 6.07) is 0.722. The van der Waals surface area contributed by atoms with E-state index in [-0.39, 0.29) is 11.1 Å². The SMILES string of the molecule is CN(C)C1CCC(C)(C)NC(C)(C)C1. The van der Waals surface area contributed by atoms with Crippen LogP contribution in [-0.4, -0.2) is 36.1 Å². The molecule has 1 saturated heterocycles. The average molecular weight is 198 g/mol. The molecule has 0 saturated carbocycles. The van der Waals surface area contributed by atoms with Gasteiger partial charge in [0.1, 0.15) is 0 Å². The highest BCUT2D eigenvalue weighted by molar-refractivity contribution is 4.95. The first-order valence-corrected chi connectivity index (χ1v) is 5.68. The molecule has 0 aromatic carbocycles. The molecule has 1 fully saturated rings. The van der Waals surface area contributed by atoms with Crippen LogP contribution in [0, 0.1) is 0 Å². The van der Waals surface area contributed by atoms with E-state index in [1.165, 1.54) is 19.3 Å². The summed E-state index contributed by atoms with van der Waals surface area (Å²) in [5.41, 5.74) is 0.545. The summed E-state index contributed by atoms with van der Waals surface area (Å²) in [7, 11) is 4.39. The first-order valence-electron chi connectivity index (χ1n) is 5.68. The molecule has 0 aromatic rings. The van der Waals surface area contributed by atoms with Gasteiger partial charge in [0.05, 0.1) is 0 Å². The van der Waals surface area contributed by atoms with E-state index in [9.17, 15) is 0 Å². The molecule has 1 atom stereocenters. The standard InChI is InChI=1S/C12H26N2/c1-11(2)8-7-10(14(5)6)9-12(3,4)13-11/h10,13H,7-9H2,1-6H3. The molecular weight excluding hydrogens is 172 g/mol. The fraction of sp³-hybridized carbons (Fsp3) is 1.00. The highest BCUT2D eigenvalue weighted by Crippen LogP contribution is 2.28. The van der Waals surface area contributed by atoms with Crippen molar-refractivity contribution in [2.24, 2.45) is 0 Å². The van der Waals surface area contributed by atoms with Crippen LogP contribution in [-0.2, 0) is 0 Å². The highest BCUT2D eigenvalue weighted by atomic mass is 15.1. The Morgan fingerprint density at radius 1 is 1.07 bits per heavy atom. The largest absolute Gasteiger partial charge is 0.307 e. The van der Waals surface area contributed by atoms with Crippen molar-refractivity contribution in [2.75, 3.05) is 14.1 Å². The van der Waals surface area contributed by atoms with Crippen LogP contribution in [0.4, 0.5) is 0 Å². The number of hydrogen-bond acceptors (Lipinski definition) is 2. The van der Waals surface area contributed by atoms with Crippen LogP contribution in [0.2, 0.25) is 0 Å². The summed E-state index contributed by atoms with van der Waals surface area (Å²) in [6.07, 6.45) is 3.80. The van der Waals surface area contributed by atoms with Gasteiger partial charge in [-0.25, -0.2) is 0 Å². The summed E-state index contributed by atoms with van der Waals surface area (Å²) < 4.78 is 0. The number of rotatable bonds is 1. The van der Waals surface area contributed by atoms with Crippen LogP contribution in [0.1, 0.15) is 47.0 Å². The molecule has 1 unspecified atom stereocenters. The van der Waals surface area contributed by atoms with E-state index in [2.05, 4.69) is 52.0 Å². The molecule has 2 nitrogen and oxygen atoms in total. The molecule has 2 heteroatoms. The molecule has 0 spiro atoms. The van der Waals surface area contributed by atoms with Gasteiger partial charge in [0, 0.05) is 17.1 Å². The average Bonchev–Trinajstić information content (AvgIpc) is 2.04. The topological polar surface area (TPSA) is 15.3 Å². The van der Waals surface area contributed by atoms with Crippen molar-refractivity contribution in [2.45, 2.75) is 64.1 Å². The maximum Gasteiger partial charge on any atom is 0.0144 e. The molecule has 0 aliphatic carbocycles. The van der Waals surface area contributed by atoms with E-state index in [4.69, 9.17) is 0 Å². The smallest absolute Gasteiger partial charge is 0.0144 e. The Bertz CT molecular complexity index is 194. The minimum atomic E-state index is 0.259. The summed E-state index contributed by atoms with van der Waals surface area (Å²) >= 11 is 0. The van der Waals surface area contributed by atoms with Gasteiger partial charge in [0.2, 0.25) is 0 Å². The normalized spacial score (nSPS) is 31.5. The van der Waals surface area contributed by atoms with Gasteiger partial charge >= 0.3 is 0 Å². The third kappa shape index (κ3) is 3.25. The Balaban J connectivity index is 2.74. The third-order valence-corrected chi connectivity index (χ3v) is 3.26. The summed E-state index contributed by atoms with van der Waals surface area (Å²) in [6.45, 7) is 9.26. The zero-order valence-electron chi connectivity index (χ0n) is 10.6. The molecule has 1 aliphatic rings. The number of hydrogen-bond donors (Lipinski definition) is 1. The van der Waals surface area contributed by atoms with Gasteiger partial charge in [0.15, 0.2) is 0 Å². The van der Waals surface area contributed by atoms with Crippen molar-refractivity contribution >= 4 is 0 Å². The Morgan fingerprint density at radius 2 is 1.64 bits per heavy atom. The molecular formula is C12H26N2. The van der Waals surface area contributed by atoms with Crippen molar-refractivity contribution < 1.29 is 0 Å². The van der Waals surface area contributed by atoms with Crippen LogP contribution in [0.25, 0.3) is 0 Å². The first kappa shape index (κ1) is 12.0. The van der Waals surface area contributed by atoms with Crippen molar-refractivity contribution in [1.82, 2.24) is 10.2 Å².